The SMILES string of the molecule is COc1c(C(=O)c2cccc(-c3ccccc3)c2OCc2ccccc2)cccc1-c1ccccc1. The fraction of sp³-hybridized carbons (Fsp3) is 0.0606. The molecule has 0 aromatic heterocycles. The molecular weight excluding hydrogens is 444 g/mol. The van der Waals surface area contributed by atoms with Gasteiger partial charge in [0.05, 0.1) is 18.2 Å². The fourth-order valence-corrected chi connectivity index (χ4v) is 4.37. The van der Waals surface area contributed by atoms with Crippen LogP contribution in [0.3, 0.4) is 0 Å². The first-order valence-corrected chi connectivity index (χ1v) is 11.9. The Morgan fingerprint density at radius 1 is 0.556 bits per heavy atom. The van der Waals surface area contributed by atoms with E-state index in [-0.39, 0.29) is 5.78 Å². The Hall–Kier alpha value is -4.63. The monoisotopic (exact) mass is 470 g/mol. The molecule has 0 heterocycles. The van der Waals surface area contributed by atoms with Crippen LogP contribution in [0, 0.1) is 0 Å². The average Bonchev–Trinajstić information content (AvgIpc) is 2.96. The Labute approximate surface area is 211 Å². The molecule has 0 saturated carbocycles. The van der Waals surface area contributed by atoms with E-state index in [0.717, 1.165) is 27.8 Å². The molecule has 3 heteroatoms. The van der Waals surface area contributed by atoms with Gasteiger partial charge in [-0.25, -0.2) is 0 Å². The number of ketones is 1. The summed E-state index contributed by atoms with van der Waals surface area (Å²) in [5.41, 5.74) is 5.74. The highest BCUT2D eigenvalue weighted by Crippen LogP contribution is 2.39. The number of rotatable bonds is 8. The number of ether oxygens (including phenoxy) is 2. The van der Waals surface area contributed by atoms with Gasteiger partial charge in [0.1, 0.15) is 18.1 Å². The molecule has 3 nitrogen and oxygen atoms in total. The van der Waals surface area contributed by atoms with Gasteiger partial charge in [-0.3, -0.25) is 4.79 Å². The van der Waals surface area contributed by atoms with Gasteiger partial charge in [0.2, 0.25) is 5.78 Å². The Kier molecular flexibility index (Phi) is 6.90. The number of methoxy groups -OCH3 is 1. The molecule has 0 aliphatic rings. The van der Waals surface area contributed by atoms with Crippen molar-refractivity contribution >= 4 is 5.78 Å². The lowest BCUT2D eigenvalue weighted by atomic mass is 9.93. The van der Waals surface area contributed by atoms with Gasteiger partial charge in [-0.2, -0.15) is 0 Å². The third-order valence-electron chi connectivity index (χ3n) is 6.12. The maximum Gasteiger partial charge on any atom is 0.200 e. The normalized spacial score (nSPS) is 10.6. The molecular formula is C33H26O3. The van der Waals surface area contributed by atoms with Gasteiger partial charge in [0.15, 0.2) is 0 Å². The van der Waals surface area contributed by atoms with E-state index < -0.39 is 0 Å². The summed E-state index contributed by atoms with van der Waals surface area (Å²) in [5, 5.41) is 0. The Morgan fingerprint density at radius 3 is 1.56 bits per heavy atom. The van der Waals surface area contributed by atoms with Crippen molar-refractivity contribution in [2.75, 3.05) is 7.11 Å². The lowest BCUT2D eigenvalue weighted by Crippen LogP contribution is -2.09. The maximum atomic E-state index is 14.1. The molecule has 5 aromatic carbocycles. The van der Waals surface area contributed by atoms with E-state index in [2.05, 4.69) is 0 Å². The zero-order chi connectivity index (χ0) is 24.7. The zero-order valence-corrected chi connectivity index (χ0v) is 20.1. The summed E-state index contributed by atoms with van der Waals surface area (Å²) in [5.74, 6) is 0.961. The van der Waals surface area contributed by atoms with Crippen LogP contribution in [0.4, 0.5) is 0 Å². The molecule has 0 aliphatic carbocycles. The summed E-state index contributed by atoms with van der Waals surface area (Å²) >= 11 is 0. The van der Waals surface area contributed by atoms with Crippen molar-refractivity contribution in [1.29, 1.82) is 0 Å². The second-order valence-corrected chi connectivity index (χ2v) is 8.40. The molecule has 0 atom stereocenters. The highest BCUT2D eigenvalue weighted by molar-refractivity contribution is 6.14. The molecule has 0 aliphatic heterocycles. The number of hydrogen-bond acceptors (Lipinski definition) is 3. The van der Waals surface area contributed by atoms with Crippen molar-refractivity contribution in [1.82, 2.24) is 0 Å². The predicted molar refractivity (Wildman–Crippen MR) is 145 cm³/mol. The molecule has 0 radical (unpaired) electrons. The van der Waals surface area contributed by atoms with E-state index in [0.29, 0.717) is 29.2 Å². The van der Waals surface area contributed by atoms with E-state index in [1.165, 1.54) is 0 Å². The molecule has 36 heavy (non-hydrogen) atoms. The number of hydrogen-bond donors (Lipinski definition) is 0. The van der Waals surface area contributed by atoms with Crippen molar-refractivity contribution in [3.05, 3.63) is 144 Å². The number of benzene rings is 5. The van der Waals surface area contributed by atoms with E-state index in [9.17, 15) is 4.79 Å². The molecule has 5 aromatic rings. The smallest absolute Gasteiger partial charge is 0.200 e. The van der Waals surface area contributed by atoms with Crippen molar-refractivity contribution in [3.63, 3.8) is 0 Å². The Bertz CT molecular complexity index is 1460. The van der Waals surface area contributed by atoms with Crippen LogP contribution < -0.4 is 9.47 Å². The van der Waals surface area contributed by atoms with Crippen LogP contribution >= 0.6 is 0 Å². The molecule has 5 rings (SSSR count). The molecule has 0 bridgehead atoms. The van der Waals surface area contributed by atoms with Gasteiger partial charge in [-0.05, 0) is 28.8 Å². The zero-order valence-electron chi connectivity index (χ0n) is 20.1. The van der Waals surface area contributed by atoms with Gasteiger partial charge in [0.25, 0.3) is 0 Å². The highest BCUT2D eigenvalue weighted by atomic mass is 16.5. The maximum absolute atomic E-state index is 14.1. The molecule has 0 fully saturated rings. The number of para-hydroxylation sites is 2. The fourth-order valence-electron chi connectivity index (χ4n) is 4.37. The second kappa shape index (κ2) is 10.7. The molecule has 176 valence electrons. The van der Waals surface area contributed by atoms with Crippen LogP contribution in [-0.2, 0) is 6.61 Å². The van der Waals surface area contributed by atoms with Gasteiger partial charge in [-0.1, -0.05) is 115 Å². The first-order chi connectivity index (χ1) is 17.8. The van der Waals surface area contributed by atoms with E-state index >= 15 is 0 Å². The van der Waals surface area contributed by atoms with Crippen molar-refractivity contribution in [2.45, 2.75) is 6.61 Å². The van der Waals surface area contributed by atoms with Gasteiger partial charge < -0.3 is 9.47 Å². The van der Waals surface area contributed by atoms with Gasteiger partial charge >= 0.3 is 0 Å². The first kappa shape index (κ1) is 23.1. The minimum atomic E-state index is -0.148. The van der Waals surface area contributed by atoms with Crippen LogP contribution in [-0.4, -0.2) is 12.9 Å². The summed E-state index contributed by atoms with van der Waals surface area (Å²) in [6, 6.07) is 41.3. The van der Waals surface area contributed by atoms with E-state index in [1.54, 1.807) is 7.11 Å². The lowest BCUT2D eigenvalue weighted by Gasteiger charge is -2.18. The van der Waals surface area contributed by atoms with Crippen molar-refractivity contribution < 1.29 is 14.3 Å². The van der Waals surface area contributed by atoms with Crippen LogP contribution in [0.15, 0.2) is 127 Å². The quantitative estimate of drug-likeness (QED) is 0.217. The minimum absolute atomic E-state index is 0.148. The van der Waals surface area contributed by atoms with Crippen molar-refractivity contribution in [3.8, 4) is 33.8 Å². The van der Waals surface area contributed by atoms with Crippen LogP contribution in [0.25, 0.3) is 22.3 Å². The lowest BCUT2D eigenvalue weighted by molar-refractivity contribution is 0.103. The minimum Gasteiger partial charge on any atom is -0.495 e. The summed E-state index contributed by atoms with van der Waals surface area (Å²) < 4.78 is 12.2. The Morgan fingerprint density at radius 2 is 1.03 bits per heavy atom. The molecule has 0 amide bonds. The van der Waals surface area contributed by atoms with E-state index in [4.69, 9.17) is 9.47 Å². The van der Waals surface area contributed by atoms with E-state index in [1.807, 2.05) is 127 Å². The first-order valence-electron chi connectivity index (χ1n) is 11.9. The standard InChI is InChI=1S/C33H26O3/c1-35-32-27(25-15-7-3-8-16-25)19-11-21-29(32)31(34)30-22-12-20-28(26-17-9-4-10-18-26)33(30)36-23-24-13-5-2-6-14-24/h2-22H,23H2,1H3. The summed E-state index contributed by atoms with van der Waals surface area (Å²) in [4.78, 5) is 14.1. The average molecular weight is 471 g/mol. The van der Waals surface area contributed by atoms with Crippen LogP contribution in [0.2, 0.25) is 0 Å². The molecule has 0 spiro atoms. The highest BCUT2D eigenvalue weighted by Gasteiger charge is 2.23. The van der Waals surface area contributed by atoms with Gasteiger partial charge in [0, 0.05) is 11.1 Å². The number of carbonyl (C=O) groups is 1. The molecule has 0 unspecified atom stereocenters. The second-order valence-electron chi connectivity index (χ2n) is 8.40. The summed E-state index contributed by atoms with van der Waals surface area (Å²) in [6.45, 7) is 0.353. The van der Waals surface area contributed by atoms with Crippen molar-refractivity contribution in [2.24, 2.45) is 0 Å². The van der Waals surface area contributed by atoms with Crippen LogP contribution in [0.5, 0.6) is 11.5 Å². The largest absolute Gasteiger partial charge is 0.495 e. The molecule has 0 N–H and O–H groups in total. The van der Waals surface area contributed by atoms with Crippen LogP contribution in [0.1, 0.15) is 21.5 Å². The topological polar surface area (TPSA) is 35.5 Å². The predicted octanol–water partition coefficient (Wildman–Crippen LogP) is 7.84. The number of carbonyl (C=O) groups excluding carboxylic acids is 1. The third kappa shape index (κ3) is 4.77. The van der Waals surface area contributed by atoms with Gasteiger partial charge in [-0.15, -0.1) is 0 Å². The third-order valence-corrected chi connectivity index (χ3v) is 6.12. The Balaban J connectivity index is 1.62. The molecule has 0 saturated heterocycles. The summed E-state index contributed by atoms with van der Waals surface area (Å²) in [7, 11) is 1.60. The summed E-state index contributed by atoms with van der Waals surface area (Å²) in [6.07, 6.45) is 0.